The lowest BCUT2D eigenvalue weighted by atomic mass is 9.98. The van der Waals surface area contributed by atoms with Crippen LogP contribution in [-0.2, 0) is 14.3 Å². The smallest absolute Gasteiger partial charge is 0.257 e. The molecule has 0 saturated carbocycles. The molecule has 3 aliphatic heterocycles. The molecule has 0 bridgehead atoms. The lowest BCUT2D eigenvalue weighted by Crippen LogP contribution is -2.48. The van der Waals surface area contributed by atoms with E-state index in [1.165, 1.54) is 12.1 Å². The number of hydrogen-bond donors (Lipinski definition) is 0. The zero-order chi connectivity index (χ0) is 22.8. The highest BCUT2D eigenvalue weighted by Crippen LogP contribution is 2.34. The fourth-order valence-electron chi connectivity index (χ4n) is 4.74. The van der Waals surface area contributed by atoms with E-state index in [1.54, 1.807) is 24.3 Å². The van der Waals surface area contributed by atoms with Gasteiger partial charge >= 0.3 is 0 Å². The van der Waals surface area contributed by atoms with E-state index in [2.05, 4.69) is 4.90 Å². The number of hydrazone groups is 1. The number of carbonyl (C=O) groups is 1. The quantitative estimate of drug-likeness (QED) is 0.695. The van der Waals surface area contributed by atoms with Crippen molar-refractivity contribution in [2.24, 2.45) is 5.10 Å². The van der Waals surface area contributed by atoms with E-state index < -0.39 is 5.79 Å². The molecule has 1 atom stereocenters. The first-order valence-electron chi connectivity index (χ1n) is 11.3. The Labute approximate surface area is 192 Å². The van der Waals surface area contributed by atoms with Gasteiger partial charge in [-0.15, -0.1) is 0 Å². The molecule has 1 unspecified atom stereocenters. The molecule has 0 radical (unpaired) electrons. The van der Waals surface area contributed by atoms with Crippen molar-refractivity contribution >= 4 is 11.6 Å². The lowest BCUT2D eigenvalue weighted by molar-refractivity contribution is -0.186. The Morgan fingerprint density at radius 3 is 2.39 bits per heavy atom. The predicted octanol–water partition coefficient (Wildman–Crippen LogP) is 3.35. The van der Waals surface area contributed by atoms with Gasteiger partial charge in [-0.3, -0.25) is 9.69 Å². The molecule has 0 N–H and O–H groups in total. The summed E-state index contributed by atoms with van der Waals surface area (Å²) in [4.78, 5) is 15.5. The SMILES string of the molecule is COc1ccc(C2=NN(C(=O)CN3CCC4(CC3)OCCO4)C(c3ccc(F)cc3)C2)cc1. The van der Waals surface area contributed by atoms with Crippen LogP contribution in [0, 0.1) is 5.82 Å². The molecule has 33 heavy (non-hydrogen) atoms. The third kappa shape index (κ3) is 4.64. The van der Waals surface area contributed by atoms with Crippen LogP contribution in [0.4, 0.5) is 4.39 Å². The highest BCUT2D eigenvalue weighted by molar-refractivity contribution is 6.03. The Kier molecular flexibility index (Phi) is 6.14. The number of methoxy groups -OCH3 is 1. The number of benzene rings is 2. The monoisotopic (exact) mass is 453 g/mol. The first-order chi connectivity index (χ1) is 16.0. The average molecular weight is 454 g/mol. The summed E-state index contributed by atoms with van der Waals surface area (Å²) in [6.07, 6.45) is 2.07. The molecule has 1 spiro atoms. The van der Waals surface area contributed by atoms with Gasteiger partial charge in [-0.2, -0.15) is 5.10 Å². The topological polar surface area (TPSA) is 63.6 Å². The minimum Gasteiger partial charge on any atom is -0.497 e. The van der Waals surface area contributed by atoms with E-state index in [9.17, 15) is 9.18 Å². The van der Waals surface area contributed by atoms with E-state index in [4.69, 9.17) is 19.3 Å². The van der Waals surface area contributed by atoms with E-state index in [1.807, 2.05) is 24.3 Å². The van der Waals surface area contributed by atoms with Crippen LogP contribution in [0.2, 0.25) is 0 Å². The molecule has 1 amide bonds. The maximum absolute atomic E-state index is 13.5. The minimum atomic E-state index is -0.469. The van der Waals surface area contributed by atoms with Crippen molar-refractivity contribution in [3.05, 3.63) is 65.5 Å². The molecule has 3 heterocycles. The standard InChI is InChI=1S/C25H28FN3O4/c1-31-21-8-4-18(5-9-21)22-16-23(19-2-6-20(26)7-3-19)29(27-22)24(30)17-28-12-10-25(11-13-28)32-14-15-33-25/h2-9,23H,10-17H2,1H3. The van der Waals surface area contributed by atoms with Crippen LogP contribution in [-0.4, -0.2) is 67.3 Å². The fourth-order valence-corrected chi connectivity index (χ4v) is 4.74. The lowest BCUT2D eigenvalue weighted by Gasteiger charge is -2.37. The average Bonchev–Trinajstić information content (AvgIpc) is 3.49. The zero-order valence-corrected chi connectivity index (χ0v) is 18.7. The Bertz CT molecular complexity index is 1010. The maximum atomic E-state index is 13.5. The summed E-state index contributed by atoms with van der Waals surface area (Å²) >= 11 is 0. The summed E-state index contributed by atoms with van der Waals surface area (Å²) in [6.45, 7) is 3.00. The summed E-state index contributed by atoms with van der Waals surface area (Å²) < 4.78 is 30.4. The summed E-state index contributed by atoms with van der Waals surface area (Å²) in [6, 6.07) is 13.7. The Balaban J connectivity index is 1.33. The third-order valence-electron chi connectivity index (χ3n) is 6.63. The molecule has 0 aromatic heterocycles. The molecular formula is C25H28FN3O4. The molecule has 2 saturated heterocycles. The molecule has 174 valence electrons. The summed E-state index contributed by atoms with van der Waals surface area (Å²) in [5, 5.41) is 6.29. The van der Waals surface area contributed by atoms with Crippen molar-refractivity contribution in [1.82, 2.24) is 9.91 Å². The Morgan fingerprint density at radius 1 is 1.09 bits per heavy atom. The van der Waals surface area contributed by atoms with Gasteiger partial charge < -0.3 is 14.2 Å². The molecule has 2 aromatic rings. The second-order valence-electron chi connectivity index (χ2n) is 8.67. The molecular weight excluding hydrogens is 425 g/mol. The molecule has 8 heteroatoms. The van der Waals surface area contributed by atoms with Crippen molar-refractivity contribution in [3.63, 3.8) is 0 Å². The number of piperidine rings is 1. The minimum absolute atomic E-state index is 0.0722. The van der Waals surface area contributed by atoms with Crippen LogP contribution >= 0.6 is 0 Å². The van der Waals surface area contributed by atoms with Gasteiger partial charge in [-0.05, 0) is 47.5 Å². The second-order valence-corrected chi connectivity index (χ2v) is 8.67. The number of amides is 1. The number of nitrogens with zero attached hydrogens (tertiary/aromatic N) is 3. The van der Waals surface area contributed by atoms with Gasteiger partial charge in [0.2, 0.25) is 0 Å². The molecule has 5 rings (SSSR count). The van der Waals surface area contributed by atoms with Crippen molar-refractivity contribution in [2.75, 3.05) is 40.0 Å². The van der Waals surface area contributed by atoms with Gasteiger partial charge in [0.25, 0.3) is 5.91 Å². The van der Waals surface area contributed by atoms with Gasteiger partial charge in [0, 0.05) is 32.4 Å². The molecule has 2 aromatic carbocycles. The van der Waals surface area contributed by atoms with Gasteiger partial charge in [0.1, 0.15) is 11.6 Å². The number of hydrogen-bond acceptors (Lipinski definition) is 6. The number of ether oxygens (including phenoxy) is 3. The van der Waals surface area contributed by atoms with E-state index in [0.717, 1.165) is 48.5 Å². The highest BCUT2D eigenvalue weighted by Gasteiger charge is 2.41. The predicted molar refractivity (Wildman–Crippen MR) is 120 cm³/mol. The molecule has 7 nitrogen and oxygen atoms in total. The summed E-state index contributed by atoms with van der Waals surface area (Å²) in [7, 11) is 1.63. The van der Waals surface area contributed by atoms with E-state index in [0.29, 0.717) is 19.6 Å². The summed E-state index contributed by atoms with van der Waals surface area (Å²) in [5.41, 5.74) is 2.63. The van der Waals surface area contributed by atoms with Gasteiger partial charge in [-0.25, -0.2) is 9.40 Å². The largest absolute Gasteiger partial charge is 0.497 e. The normalized spacial score (nSPS) is 22.5. The van der Waals surface area contributed by atoms with E-state index >= 15 is 0 Å². The summed E-state index contributed by atoms with van der Waals surface area (Å²) in [5.74, 6) is -0.0798. The van der Waals surface area contributed by atoms with Crippen molar-refractivity contribution in [2.45, 2.75) is 31.1 Å². The van der Waals surface area contributed by atoms with Crippen LogP contribution in [0.15, 0.2) is 53.6 Å². The van der Waals surface area contributed by atoms with Crippen LogP contribution < -0.4 is 4.74 Å². The second kappa shape index (κ2) is 9.21. The van der Waals surface area contributed by atoms with Gasteiger partial charge in [-0.1, -0.05) is 12.1 Å². The van der Waals surface area contributed by atoms with Crippen LogP contribution in [0.5, 0.6) is 5.75 Å². The number of halogens is 1. The van der Waals surface area contributed by atoms with Crippen LogP contribution in [0.1, 0.15) is 36.4 Å². The van der Waals surface area contributed by atoms with Crippen molar-refractivity contribution in [3.8, 4) is 5.75 Å². The number of likely N-dealkylation sites (tertiary alicyclic amines) is 1. The van der Waals surface area contributed by atoms with Crippen LogP contribution in [0.25, 0.3) is 0 Å². The van der Waals surface area contributed by atoms with Crippen LogP contribution in [0.3, 0.4) is 0 Å². The van der Waals surface area contributed by atoms with Gasteiger partial charge in [0.15, 0.2) is 5.79 Å². The highest BCUT2D eigenvalue weighted by atomic mass is 19.1. The Morgan fingerprint density at radius 2 is 1.76 bits per heavy atom. The molecule has 3 aliphatic rings. The molecule has 0 aliphatic carbocycles. The van der Waals surface area contributed by atoms with Gasteiger partial charge in [0.05, 0.1) is 38.6 Å². The molecule has 2 fully saturated rings. The first kappa shape index (κ1) is 22.0. The van der Waals surface area contributed by atoms with Crippen molar-refractivity contribution in [1.29, 1.82) is 0 Å². The zero-order valence-electron chi connectivity index (χ0n) is 18.7. The first-order valence-corrected chi connectivity index (χ1v) is 11.3. The fraction of sp³-hybridized carbons (Fsp3) is 0.440. The Hall–Kier alpha value is -2.81. The maximum Gasteiger partial charge on any atom is 0.257 e. The van der Waals surface area contributed by atoms with E-state index in [-0.39, 0.29) is 24.3 Å². The number of carbonyl (C=O) groups excluding carboxylic acids is 1. The number of rotatable bonds is 5. The third-order valence-corrected chi connectivity index (χ3v) is 6.63. The van der Waals surface area contributed by atoms with Crippen molar-refractivity contribution < 1.29 is 23.4 Å².